The van der Waals surface area contributed by atoms with Gasteiger partial charge in [0.05, 0.1) is 0 Å². The SMILES string of the molecule is C[Si](C)(C)O[Si](O)(c1ccccc1)c1ccccc1. The van der Waals surface area contributed by atoms with Crippen LogP contribution in [0.3, 0.4) is 0 Å². The fraction of sp³-hybridized carbons (Fsp3) is 0.200. The highest BCUT2D eigenvalue weighted by Gasteiger charge is 2.42. The van der Waals surface area contributed by atoms with Crippen LogP contribution in [-0.4, -0.2) is 21.7 Å². The summed E-state index contributed by atoms with van der Waals surface area (Å²) in [7, 11) is -4.92. The van der Waals surface area contributed by atoms with Crippen molar-refractivity contribution in [1.82, 2.24) is 0 Å². The summed E-state index contributed by atoms with van der Waals surface area (Å²) in [5.41, 5.74) is 0. The van der Waals surface area contributed by atoms with E-state index in [1.165, 1.54) is 0 Å². The van der Waals surface area contributed by atoms with Crippen molar-refractivity contribution in [3.8, 4) is 0 Å². The molecule has 2 nitrogen and oxygen atoms in total. The topological polar surface area (TPSA) is 29.5 Å². The second-order valence-corrected chi connectivity index (χ2v) is 13.1. The highest BCUT2D eigenvalue weighted by atomic mass is 28.4. The van der Waals surface area contributed by atoms with E-state index in [0.29, 0.717) is 0 Å². The third-order valence-corrected chi connectivity index (χ3v) is 8.65. The van der Waals surface area contributed by atoms with E-state index >= 15 is 0 Å². The van der Waals surface area contributed by atoms with Crippen molar-refractivity contribution in [2.24, 2.45) is 0 Å². The van der Waals surface area contributed by atoms with E-state index in [9.17, 15) is 4.80 Å². The van der Waals surface area contributed by atoms with Crippen molar-refractivity contribution in [3.63, 3.8) is 0 Å². The maximum atomic E-state index is 11.2. The van der Waals surface area contributed by atoms with Gasteiger partial charge in [0, 0.05) is 0 Å². The van der Waals surface area contributed by atoms with Gasteiger partial charge in [0.1, 0.15) is 0 Å². The van der Waals surface area contributed by atoms with Crippen LogP contribution in [0.5, 0.6) is 0 Å². The van der Waals surface area contributed by atoms with Crippen molar-refractivity contribution in [3.05, 3.63) is 60.7 Å². The average Bonchev–Trinajstić information content (AvgIpc) is 2.39. The molecule has 2 aromatic carbocycles. The van der Waals surface area contributed by atoms with Crippen LogP contribution in [-0.2, 0) is 4.12 Å². The van der Waals surface area contributed by atoms with Crippen LogP contribution in [0.15, 0.2) is 60.7 Å². The standard InChI is InChI=1S/C15H20O2Si2/c1-18(2,3)17-19(16,14-10-6-4-7-11-14)15-12-8-5-9-13-15/h4-13,16H,1-3H3. The van der Waals surface area contributed by atoms with E-state index in [-0.39, 0.29) is 0 Å². The summed E-state index contributed by atoms with van der Waals surface area (Å²) in [5.74, 6) is 0. The molecule has 0 aromatic heterocycles. The smallest absolute Gasteiger partial charge is 0.394 e. The predicted molar refractivity (Wildman–Crippen MR) is 84.6 cm³/mol. The zero-order valence-electron chi connectivity index (χ0n) is 11.6. The zero-order valence-corrected chi connectivity index (χ0v) is 13.6. The van der Waals surface area contributed by atoms with E-state index in [0.717, 1.165) is 10.4 Å². The fourth-order valence-corrected chi connectivity index (χ4v) is 8.17. The van der Waals surface area contributed by atoms with Crippen molar-refractivity contribution in [2.45, 2.75) is 19.6 Å². The summed E-state index contributed by atoms with van der Waals surface area (Å²) in [6.45, 7) is 6.32. The molecule has 1 N–H and O–H groups in total. The Morgan fingerprint density at radius 3 is 1.42 bits per heavy atom. The molecule has 100 valence electrons. The Labute approximate surface area is 117 Å². The monoisotopic (exact) mass is 288 g/mol. The van der Waals surface area contributed by atoms with E-state index in [1.807, 2.05) is 60.7 Å². The third kappa shape index (κ3) is 3.42. The van der Waals surface area contributed by atoms with Crippen LogP contribution in [0.2, 0.25) is 19.6 Å². The lowest BCUT2D eigenvalue weighted by atomic mass is 10.4. The van der Waals surface area contributed by atoms with Gasteiger partial charge in [0.25, 0.3) is 0 Å². The van der Waals surface area contributed by atoms with E-state index in [4.69, 9.17) is 4.12 Å². The van der Waals surface area contributed by atoms with Crippen molar-refractivity contribution in [1.29, 1.82) is 0 Å². The van der Waals surface area contributed by atoms with Gasteiger partial charge in [-0.05, 0) is 30.0 Å². The van der Waals surface area contributed by atoms with Gasteiger partial charge in [-0.2, -0.15) is 0 Å². The average molecular weight is 288 g/mol. The van der Waals surface area contributed by atoms with Gasteiger partial charge in [0.15, 0.2) is 8.32 Å². The number of rotatable bonds is 4. The maximum absolute atomic E-state index is 11.2. The van der Waals surface area contributed by atoms with E-state index in [2.05, 4.69) is 19.6 Å². The molecule has 2 rings (SSSR count). The molecule has 0 aliphatic carbocycles. The summed E-state index contributed by atoms with van der Waals surface area (Å²) in [6, 6.07) is 19.5. The second-order valence-electron chi connectivity index (χ2n) is 5.59. The minimum absolute atomic E-state index is 0.906. The van der Waals surface area contributed by atoms with E-state index < -0.39 is 16.9 Å². The van der Waals surface area contributed by atoms with Gasteiger partial charge in [-0.15, -0.1) is 0 Å². The molecule has 0 fully saturated rings. The predicted octanol–water partition coefficient (Wildman–Crippen LogP) is 2.09. The molecule has 0 heterocycles. The summed E-state index contributed by atoms with van der Waals surface area (Å²) >= 11 is 0. The van der Waals surface area contributed by atoms with Crippen LogP contribution in [0.4, 0.5) is 0 Å². The molecule has 0 saturated heterocycles. The normalized spacial score (nSPS) is 12.4. The molecular weight excluding hydrogens is 268 g/mol. The Kier molecular flexibility index (Phi) is 4.06. The van der Waals surface area contributed by atoms with Crippen molar-refractivity contribution < 1.29 is 8.91 Å². The Bertz CT molecular complexity index is 481. The summed E-state index contributed by atoms with van der Waals surface area (Å²) in [5, 5.41) is 1.81. The molecule has 0 saturated carbocycles. The van der Waals surface area contributed by atoms with Gasteiger partial charge in [0.2, 0.25) is 0 Å². The van der Waals surface area contributed by atoms with Gasteiger partial charge in [-0.3, -0.25) is 0 Å². The largest absolute Gasteiger partial charge is 0.430 e. The Morgan fingerprint density at radius 2 is 1.11 bits per heavy atom. The van der Waals surface area contributed by atoms with Crippen LogP contribution in [0, 0.1) is 0 Å². The van der Waals surface area contributed by atoms with E-state index in [1.54, 1.807) is 0 Å². The molecule has 0 bridgehead atoms. The first-order chi connectivity index (χ1) is 8.92. The first-order valence-electron chi connectivity index (χ1n) is 6.45. The van der Waals surface area contributed by atoms with Gasteiger partial charge in [-0.25, -0.2) is 0 Å². The highest BCUT2D eigenvalue weighted by Crippen LogP contribution is 2.12. The molecule has 0 aliphatic rings. The molecule has 0 radical (unpaired) electrons. The summed E-state index contributed by atoms with van der Waals surface area (Å²) < 4.78 is 6.23. The molecule has 0 spiro atoms. The highest BCUT2D eigenvalue weighted by molar-refractivity contribution is 6.97. The fourth-order valence-electron chi connectivity index (χ4n) is 2.06. The Morgan fingerprint density at radius 1 is 0.737 bits per heavy atom. The number of hydrogen-bond acceptors (Lipinski definition) is 2. The van der Waals surface area contributed by atoms with Crippen LogP contribution >= 0.6 is 0 Å². The Balaban J connectivity index is 2.51. The molecular formula is C15H20O2Si2. The molecule has 0 amide bonds. The molecule has 2 aromatic rings. The number of benzene rings is 2. The van der Waals surface area contributed by atoms with Crippen LogP contribution < -0.4 is 10.4 Å². The molecule has 0 unspecified atom stereocenters. The van der Waals surface area contributed by atoms with Crippen molar-refractivity contribution in [2.75, 3.05) is 0 Å². The van der Waals surface area contributed by atoms with Crippen LogP contribution in [0.25, 0.3) is 0 Å². The van der Waals surface area contributed by atoms with Gasteiger partial charge >= 0.3 is 8.56 Å². The molecule has 0 atom stereocenters. The summed E-state index contributed by atoms with van der Waals surface area (Å²) in [6.07, 6.45) is 0. The first kappa shape index (κ1) is 14.2. The van der Waals surface area contributed by atoms with Gasteiger partial charge in [-0.1, -0.05) is 60.7 Å². The Hall–Kier alpha value is -1.21. The maximum Gasteiger partial charge on any atom is 0.394 e. The third-order valence-electron chi connectivity index (χ3n) is 2.78. The van der Waals surface area contributed by atoms with Crippen molar-refractivity contribution >= 4 is 27.3 Å². The first-order valence-corrected chi connectivity index (χ1v) is 11.7. The summed E-state index contributed by atoms with van der Waals surface area (Å²) in [4.78, 5) is 11.2. The minimum atomic E-state index is -3.08. The lowest BCUT2D eigenvalue weighted by molar-refractivity contribution is 0.407. The number of hydrogen-bond donors (Lipinski definition) is 1. The van der Waals surface area contributed by atoms with Crippen LogP contribution in [0.1, 0.15) is 0 Å². The minimum Gasteiger partial charge on any atom is -0.430 e. The lowest BCUT2D eigenvalue weighted by Gasteiger charge is -2.32. The quantitative estimate of drug-likeness (QED) is 0.873. The molecule has 19 heavy (non-hydrogen) atoms. The molecule has 4 heteroatoms. The zero-order chi connectivity index (χ0) is 13.9. The lowest BCUT2D eigenvalue weighted by Crippen LogP contribution is -2.64. The molecule has 0 aliphatic heterocycles. The second kappa shape index (κ2) is 5.42. The van der Waals surface area contributed by atoms with Gasteiger partial charge < -0.3 is 8.91 Å².